The van der Waals surface area contributed by atoms with Crippen molar-refractivity contribution < 1.29 is 19.1 Å². The summed E-state index contributed by atoms with van der Waals surface area (Å²) in [6, 6.07) is 8.11. The van der Waals surface area contributed by atoms with Crippen LogP contribution in [0.25, 0.3) is 0 Å². The quantitative estimate of drug-likeness (QED) is 0.632. The van der Waals surface area contributed by atoms with Crippen LogP contribution in [0.15, 0.2) is 24.3 Å². The van der Waals surface area contributed by atoms with Crippen LogP contribution in [-0.4, -0.2) is 24.8 Å². The molecule has 0 spiro atoms. The summed E-state index contributed by atoms with van der Waals surface area (Å²) in [5, 5.41) is 12.7. The van der Waals surface area contributed by atoms with Crippen molar-refractivity contribution in [1.82, 2.24) is 0 Å². The average molecular weight is 382 g/mol. The molecule has 0 fully saturated rings. The van der Waals surface area contributed by atoms with Crippen LogP contribution in [0.5, 0.6) is 0 Å². The van der Waals surface area contributed by atoms with Crippen LogP contribution in [0.1, 0.15) is 50.1 Å². The molecule has 7 heteroatoms. The maximum Gasteiger partial charge on any atom is 0.338 e. The highest BCUT2D eigenvalue weighted by atomic mass is 32.1. The average Bonchev–Trinajstić information content (AvgIpc) is 3.01. The summed E-state index contributed by atoms with van der Waals surface area (Å²) in [6.45, 7) is 1.73. The second-order valence-electron chi connectivity index (χ2n) is 6.53. The minimum absolute atomic E-state index is 0.256. The van der Waals surface area contributed by atoms with Gasteiger partial charge in [-0.2, -0.15) is 5.26 Å². The maximum absolute atomic E-state index is 12.2. The number of nitrogens with one attached hydrogen (secondary N) is 1. The van der Waals surface area contributed by atoms with Crippen LogP contribution in [0, 0.1) is 17.2 Å². The topological polar surface area (TPSA) is 96.3 Å². The van der Waals surface area contributed by atoms with Gasteiger partial charge >= 0.3 is 5.97 Å². The number of carbonyl (C=O) groups is 3. The van der Waals surface area contributed by atoms with Crippen LogP contribution in [0.3, 0.4) is 0 Å². The number of hydrogen-bond acceptors (Lipinski definition) is 6. The molecule has 1 amide bonds. The Morgan fingerprint density at radius 2 is 2.11 bits per heavy atom. The van der Waals surface area contributed by atoms with Gasteiger partial charge in [0.1, 0.15) is 17.4 Å². The van der Waals surface area contributed by atoms with Gasteiger partial charge in [0.25, 0.3) is 5.91 Å². The number of aldehydes is 1. The van der Waals surface area contributed by atoms with E-state index in [9.17, 15) is 19.6 Å². The minimum atomic E-state index is -0.651. The van der Waals surface area contributed by atoms with Crippen molar-refractivity contribution in [1.29, 1.82) is 5.26 Å². The molecule has 1 atom stereocenters. The zero-order valence-corrected chi connectivity index (χ0v) is 15.6. The third-order valence-electron chi connectivity index (χ3n) is 4.49. The van der Waals surface area contributed by atoms with Gasteiger partial charge in [-0.25, -0.2) is 4.79 Å². The fraction of sp³-hybridized carbons (Fsp3) is 0.300. The number of anilines is 1. The molecule has 1 aliphatic rings. The van der Waals surface area contributed by atoms with E-state index in [0.29, 0.717) is 28.3 Å². The molecule has 0 aliphatic heterocycles. The van der Waals surface area contributed by atoms with Gasteiger partial charge in [0.2, 0.25) is 0 Å². The van der Waals surface area contributed by atoms with Crippen LogP contribution >= 0.6 is 11.3 Å². The fourth-order valence-electron chi connectivity index (χ4n) is 3.03. The SMILES string of the molecule is C[C@H]1CCc2c(sc(NC(=O)COC(=O)c3ccc(C=O)cc3)c2C#N)C1. The zero-order valence-electron chi connectivity index (χ0n) is 14.8. The Bertz CT molecular complexity index is 925. The number of esters is 1. The molecule has 3 rings (SSSR count). The lowest BCUT2D eigenvalue weighted by Crippen LogP contribution is -2.21. The Morgan fingerprint density at radius 3 is 2.78 bits per heavy atom. The van der Waals surface area contributed by atoms with E-state index in [1.807, 2.05) is 0 Å². The monoisotopic (exact) mass is 382 g/mol. The second kappa shape index (κ2) is 8.14. The highest BCUT2D eigenvalue weighted by Crippen LogP contribution is 2.39. The molecule has 2 aromatic rings. The molecule has 0 unspecified atom stereocenters. The number of ether oxygens (including phenoxy) is 1. The third kappa shape index (κ3) is 4.23. The predicted octanol–water partition coefficient (Wildman–Crippen LogP) is 3.35. The van der Waals surface area contributed by atoms with Gasteiger partial charge in [0.05, 0.1) is 11.1 Å². The van der Waals surface area contributed by atoms with Crippen molar-refractivity contribution in [3.8, 4) is 6.07 Å². The van der Waals surface area contributed by atoms with E-state index in [1.54, 1.807) is 0 Å². The van der Waals surface area contributed by atoms with Gasteiger partial charge in [-0.15, -0.1) is 11.3 Å². The summed E-state index contributed by atoms with van der Waals surface area (Å²) in [6.07, 6.45) is 3.47. The second-order valence-corrected chi connectivity index (χ2v) is 7.64. The van der Waals surface area contributed by atoms with Crippen molar-refractivity contribution in [2.75, 3.05) is 11.9 Å². The Balaban J connectivity index is 1.62. The summed E-state index contributed by atoms with van der Waals surface area (Å²) in [5.74, 6) is -0.573. The van der Waals surface area contributed by atoms with Gasteiger partial charge in [0, 0.05) is 10.4 Å². The van der Waals surface area contributed by atoms with Crippen molar-refractivity contribution in [2.24, 2.45) is 5.92 Å². The Hall–Kier alpha value is -2.98. The lowest BCUT2D eigenvalue weighted by Gasteiger charge is -2.17. The highest BCUT2D eigenvalue weighted by Gasteiger charge is 2.24. The number of amides is 1. The Labute approximate surface area is 160 Å². The molecule has 1 aliphatic carbocycles. The fourth-order valence-corrected chi connectivity index (χ4v) is 4.41. The highest BCUT2D eigenvalue weighted by molar-refractivity contribution is 7.16. The van der Waals surface area contributed by atoms with E-state index in [1.165, 1.54) is 35.6 Å². The summed E-state index contributed by atoms with van der Waals surface area (Å²) < 4.78 is 5.01. The standard InChI is InChI=1S/C20H18N2O4S/c1-12-2-7-15-16(9-21)19(27-17(15)8-12)22-18(24)11-26-20(25)14-5-3-13(10-23)4-6-14/h3-6,10,12H,2,7-8,11H2,1H3,(H,22,24)/t12-/m0/s1. The molecular formula is C20H18N2O4S. The number of thiophene rings is 1. The molecule has 27 heavy (non-hydrogen) atoms. The first-order chi connectivity index (χ1) is 13.0. The summed E-state index contributed by atoms with van der Waals surface area (Å²) in [7, 11) is 0. The first-order valence-corrected chi connectivity index (χ1v) is 9.40. The van der Waals surface area contributed by atoms with Crippen LogP contribution in [0.4, 0.5) is 5.00 Å². The first kappa shape index (κ1) is 18.8. The van der Waals surface area contributed by atoms with Crippen molar-refractivity contribution in [3.63, 3.8) is 0 Å². The van der Waals surface area contributed by atoms with Crippen LogP contribution in [-0.2, 0) is 22.4 Å². The summed E-state index contributed by atoms with van der Waals surface area (Å²) in [5.41, 5.74) is 2.25. The van der Waals surface area contributed by atoms with Gasteiger partial charge in [-0.05, 0) is 42.9 Å². The molecule has 0 saturated carbocycles. The molecule has 0 bridgehead atoms. The molecule has 138 valence electrons. The third-order valence-corrected chi connectivity index (χ3v) is 5.66. The number of nitrogens with zero attached hydrogens (tertiary/aromatic N) is 1. The Morgan fingerprint density at radius 1 is 1.37 bits per heavy atom. The smallest absolute Gasteiger partial charge is 0.338 e. The predicted molar refractivity (Wildman–Crippen MR) is 101 cm³/mol. The lowest BCUT2D eigenvalue weighted by atomic mass is 9.89. The van der Waals surface area contributed by atoms with Gasteiger partial charge < -0.3 is 10.1 Å². The number of rotatable bonds is 5. The minimum Gasteiger partial charge on any atom is -0.452 e. The van der Waals surface area contributed by atoms with Crippen molar-refractivity contribution in [2.45, 2.75) is 26.2 Å². The number of hydrogen-bond donors (Lipinski definition) is 1. The summed E-state index contributed by atoms with van der Waals surface area (Å²) in [4.78, 5) is 35.9. The van der Waals surface area contributed by atoms with E-state index in [4.69, 9.17) is 4.74 Å². The summed E-state index contributed by atoms with van der Waals surface area (Å²) >= 11 is 1.43. The van der Waals surface area contributed by atoms with E-state index in [-0.39, 0.29) is 5.56 Å². The lowest BCUT2D eigenvalue weighted by molar-refractivity contribution is -0.119. The molecule has 1 N–H and O–H groups in total. The molecule has 0 saturated heterocycles. The van der Waals surface area contributed by atoms with E-state index in [0.717, 1.165) is 29.7 Å². The van der Waals surface area contributed by atoms with Crippen molar-refractivity contribution >= 4 is 34.5 Å². The largest absolute Gasteiger partial charge is 0.452 e. The number of nitriles is 1. The van der Waals surface area contributed by atoms with E-state index in [2.05, 4.69) is 18.3 Å². The molecule has 1 aromatic carbocycles. The van der Waals surface area contributed by atoms with Gasteiger partial charge in [-0.1, -0.05) is 19.1 Å². The maximum atomic E-state index is 12.2. The molecule has 1 aromatic heterocycles. The van der Waals surface area contributed by atoms with Gasteiger partial charge in [0.15, 0.2) is 6.61 Å². The molecule has 0 radical (unpaired) electrons. The van der Waals surface area contributed by atoms with Crippen molar-refractivity contribution in [3.05, 3.63) is 51.4 Å². The van der Waals surface area contributed by atoms with Gasteiger partial charge in [-0.3, -0.25) is 9.59 Å². The first-order valence-electron chi connectivity index (χ1n) is 8.58. The molecule has 6 nitrogen and oxygen atoms in total. The molecular weight excluding hydrogens is 364 g/mol. The van der Waals surface area contributed by atoms with E-state index < -0.39 is 18.5 Å². The van der Waals surface area contributed by atoms with E-state index >= 15 is 0 Å². The zero-order chi connectivity index (χ0) is 19.4. The normalized spacial score (nSPS) is 15.3. The number of fused-ring (bicyclic) bond motifs is 1. The van der Waals surface area contributed by atoms with Crippen LogP contribution < -0.4 is 5.32 Å². The number of benzene rings is 1. The van der Waals surface area contributed by atoms with Crippen LogP contribution in [0.2, 0.25) is 0 Å². The number of carbonyl (C=O) groups excluding carboxylic acids is 3. The Kier molecular flexibility index (Phi) is 5.67. The molecule has 1 heterocycles.